The van der Waals surface area contributed by atoms with Crippen LogP contribution in [0.15, 0.2) is 24.3 Å². The third-order valence-electron chi connectivity index (χ3n) is 5.39. The summed E-state index contributed by atoms with van der Waals surface area (Å²) in [6, 6.07) is 7.00. The third kappa shape index (κ3) is 8.28. The van der Waals surface area contributed by atoms with Gasteiger partial charge >= 0.3 is 0 Å². The van der Waals surface area contributed by atoms with Crippen molar-refractivity contribution < 1.29 is 23.8 Å². The zero-order valence-electron chi connectivity index (χ0n) is 22.0. The minimum absolute atomic E-state index is 0.127. The predicted molar refractivity (Wildman–Crippen MR) is 136 cm³/mol. The minimum Gasteiger partial charge on any atom is -0.496 e. The molecule has 0 saturated carbocycles. The van der Waals surface area contributed by atoms with Gasteiger partial charge in [-0.3, -0.25) is 14.3 Å². The van der Waals surface area contributed by atoms with Gasteiger partial charge in [-0.25, -0.2) is 0 Å². The summed E-state index contributed by atoms with van der Waals surface area (Å²) in [4.78, 5) is 25.6. The highest BCUT2D eigenvalue weighted by Crippen LogP contribution is 2.38. The second kappa shape index (κ2) is 13.7. The molecular formula is C26H40N4O5. The van der Waals surface area contributed by atoms with Crippen LogP contribution in [0.4, 0.5) is 0 Å². The highest BCUT2D eigenvalue weighted by atomic mass is 16.5. The summed E-state index contributed by atoms with van der Waals surface area (Å²) in [5, 5.41) is 10.5. The Bertz CT molecular complexity index is 948. The summed E-state index contributed by atoms with van der Waals surface area (Å²) < 4.78 is 18.0. The SMILES string of the molecule is COCCNC(=O)C[C@H](CC(C)C)NC(=O)c1cc(-c2c(OC)cccc2OC)n(CC(C)C)n1. The first-order chi connectivity index (χ1) is 16.7. The molecule has 9 nitrogen and oxygen atoms in total. The Labute approximate surface area is 208 Å². The van der Waals surface area contributed by atoms with Crippen LogP contribution in [-0.2, 0) is 16.1 Å². The van der Waals surface area contributed by atoms with E-state index < -0.39 is 0 Å². The fourth-order valence-corrected chi connectivity index (χ4v) is 3.93. The summed E-state index contributed by atoms with van der Waals surface area (Å²) >= 11 is 0. The first-order valence-electron chi connectivity index (χ1n) is 12.1. The van der Waals surface area contributed by atoms with E-state index in [1.807, 2.05) is 22.9 Å². The molecule has 0 saturated heterocycles. The summed E-state index contributed by atoms with van der Waals surface area (Å²) in [7, 11) is 4.79. The normalized spacial score (nSPS) is 12.0. The van der Waals surface area contributed by atoms with Crippen LogP contribution in [0, 0.1) is 11.8 Å². The van der Waals surface area contributed by atoms with E-state index in [0.29, 0.717) is 49.5 Å². The van der Waals surface area contributed by atoms with Crippen molar-refractivity contribution in [1.82, 2.24) is 20.4 Å². The minimum atomic E-state index is -0.321. The van der Waals surface area contributed by atoms with Crippen molar-refractivity contribution in [2.24, 2.45) is 11.8 Å². The molecule has 0 fully saturated rings. The van der Waals surface area contributed by atoms with E-state index in [9.17, 15) is 9.59 Å². The number of amides is 2. The van der Waals surface area contributed by atoms with Crippen molar-refractivity contribution in [2.75, 3.05) is 34.5 Å². The highest BCUT2D eigenvalue weighted by Gasteiger charge is 2.24. The molecular weight excluding hydrogens is 448 g/mol. The molecule has 0 aliphatic heterocycles. The highest BCUT2D eigenvalue weighted by molar-refractivity contribution is 5.94. The van der Waals surface area contributed by atoms with Gasteiger partial charge in [-0.1, -0.05) is 33.8 Å². The second-order valence-electron chi connectivity index (χ2n) is 9.38. The van der Waals surface area contributed by atoms with Crippen LogP contribution in [0.3, 0.4) is 0 Å². The first kappa shape index (κ1) is 28.2. The van der Waals surface area contributed by atoms with E-state index in [2.05, 4.69) is 43.4 Å². The molecule has 35 heavy (non-hydrogen) atoms. The molecule has 9 heteroatoms. The van der Waals surface area contributed by atoms with Gasteiger partial charge in [0.2, 0.25) is 5.91 Å². The maximum atomic E-state index is 13.3. The average Bonchev–Trinajstić information content (AvgIpc) is 3.20. The van der Waals surface area contributed by atoms with Crippen LogP contribution in [0.5, 0.6) is 11.5 Å². The van der Waals surface area contributed by atoms with Crippen molar-refractivity contribution >= 4 is 11.8 Å². The second-order valence-corrected chi connectivity index (χ2v) is 9.38. The lowest BCUT2D eigenvalue weighted by molar-refractivity contribution is -0.121. The van der Waals surface area contributed by atoms with E-state index in [1.54, 1.807) is 27.4 Å². The summed E-state index contributed by atoms with van der Waals surface area (Å²) in [5.74, 6) is 1.42. The first-order valence-corrected chi connectivity index (χ1v) is 12.1. The molecule has 2 rings (SSSR count). The molecule has 1 atom stereocenters. The number of nitrogens with one attached hydrogen (secondary N) is 2. The van der Waals surface area contributed by atoms with Crippen LogP contribution in [0.1, 0.15) is 51.0 Å². The van der Waals surface area contributed by atoms with Crippen molar-refractivity contribution in [2.45, 2.75) is 53.1 Å². The lowest BCUT2D eigenvalue weighted by Gasteiger charge is -2.20. The van der Waals surface area contributed by atoms with Gasteiger partial charge < -0.3 is 24.8 Å². The van der Waals surface area contributed by atoms with E-state index >= 15 is 0 Å². The summed E-state index contributed by atoms with van der Waals surface area (Å²) in [6.45, 7) is 9.78. The molecule has 0 unspecified atom stereocenters. The number of carbonyl (C=O) groups is 2. The molecule has 2 aromatic rings. The Morgan fingerprint density at radius 2 is 1.69 bits per heavy atom. The van der Waals surface area contributed by atoms with Gasteiger partial charge in [0.05, 0.1) is 32.1 Å². The number of ether oxygens (including phenoxy) is 3. The number of rotatable bonds is 14. The molecule has 194 valence electrons. The molecule has 1 aromatic heterocycles. The Morgan fingerprint density at radius 1 is 1.03 bits per heavy atom. The van der Waals surface area contributed by atoms with Gasteiger partial charge in [0.15, 0.2) is 5.69 Å². The Balaban J connectivity index is 2.35. The molecule has 0 aliphatic rings. The molecule has 2 amide bonds. The molecule has 1 aromatic carbocycles. The number of carbonyl (C=O) groups excluding carboxylic acids is 2. The topological polar surface area (TPSA) is 104 Å². The molecule has 0 radical (unpaired) electrons. The van der Waals surface area contributed by atoms with E-state index in [4.69, 9.17) is 14.2 Å². The predicted octanol–water partition coefficient (Wildman–Crippen LogP) is 3.52. The van der Waals surface area contributed by atoms with Crippen LogP contribution < -0.4 is 20.1 Å². The van der Waals surface area contributed by atoms with Gasteiger partial charge in [-0.15, -0.1) is 0 Å². The summed E-state index contributed by atoms with van der Waals surface area (Å²) in [5.41, 5.74) is 1.75. The molecule has 2 N–H and O–H groups in total. The number of hydrogen-bond donors (Lipinski definition) is 2. The van der Waals surface area contributed by atoms with Gasteiger partial charge in [0.1, 0.15) is 11.5 Å². The van der Waals surface area contributed by atoms with Crippen molar-refractivity contribution in [3.63, 3.8) is 0 Å². The van der Waals surface area contributed by atoms with Crippen molar-refractivity contribution in [1.29, 1.82) is 0 Å². The number of nitrogens with zero attached hydrogens (tertiary/aromatic N) is 2. The lowest BCUT2D eigenvalue weighted by Crippen LogP contribution is -2.40. The molecule has 0 spiro atoms. The Hall–Kier alpha value is -3.07. The van der Waals surface area contributed by atoms with Crippen LogP contribution >= 0.6 is 0 Å². The van der Waals surface area contributed by atoms with Crippen LogP contribution in [0.25, 0.3) is 11.3 Å². The monoisotopic (exact) mass is 488 g/mol. The maximum absolute atomic E-state index is 13.3. The number of benzene rings is 1. The number of hydrogen-bond acceptors (Lipinski definition) is 6. The largest absolute Gasteiger partial charge is 0.496 e. The smallest absolute Gasteiger partial charge is 0.272 e. The number of aromatic nitrogens is 2. The summed E-state index contributed by atoms with van der Waals surface area (Å²) in [6.07, 6.45) is 0.858. The zero-order valence-corrected chi connectivity index (χ0v) is 22.0. The van der Waals surface area contributed by atoms with E-state index in [1.165, 1.54) is 0 Å². The van der Waals surface area contributed by atoms with Crippen molar-refractivity contribution in [3.05, 3.63) is 30.0 Å². The molecule has 1 heterocycles. The fraction of sp³-hybridized carbons (Fsp3) is 0.577. The van der Waals surface area contributed by atoms with E-state index in [0.717, 1.165) is 11.3 Å². The van der Waals surface area contributed by atoms with Gasteiger partial charge in [0.25, 0.3) is 5.91 Å². The van der Waals surface area contributed by atoms with E-state index in [-0.39, 0.29) is 30.0 Å². The standard InChI is InChI=1S/C26H40N4O5/c1-17(2)13-19(14-24(31)27-11-12-33-5)28-26(32)20-15-21(30(29-20)16-18(3)4)25-22(34-6)9-8-10-23(25)35-7/h8-10,15,17-19H,11-14,16H2,1-7H3,(H,27,31)(H,28,32)/t19-/m0/s1. The zero-order chi connectivity index (χ0) is 26.0. The Morgan fingerprint density at radius 3 is 2.23 bits per heavy atom. The maximum Gasteiger partial charge on any atom is 0.272 e. The van der Waals surface area contributed by atoms with Crippen LogP contribution in [0.2, 0.25) is 0 Å². The molecule has 0 aliphatic carbocycles. The Kier molecular flexibility index (Phi) is 11.0. The third-order valence-corrected chi connectivity index (χ3v) is 5.39. The lowest BCUT2D eigenvalue weighted by atomic mass is 10.0. The van der Waals surface area contributed by atoms with Crippen LogP contribution in [-0.4, -0.2) is 62.1 Å². The fourth-order valence-electron chi connectivity index (χ4n) is 3.93. The van der Waals surface area contributed by atoms with Gasteiger partial charge in [-0.2, -0.15) is 5.10 Å². The van der Waals surface area contributed by atoms with Gasteiger partial charge in [0, 0.05) is 32.7 Å². The quantitative estimate of drug-likeness (QED) is 0.395. The molecule has 0 bridgehead atoms. The average molecular weight is 489 g/mol. The van der Waals surface area contributed by atoms with Gasteiger partial charge in [-0.05, 0) is 36.5 Å². The number of methoxy groups -OCH3 is 3. The van der Waals surface area contributed by atoms with Crippen molar-refractivity contribution in [3.8, 4) is 22.8 Å².